The van der Waals surface area contributed by atoms with Crippen molar-refractivity contribution in [2.45, 2.75) is 0 Å². The zero-order valence-electron chi connectivity index (χ0n) is 30.4. The standard InChI is InChI=1S/6C6H5NO3/c6*8-7(9)4-3-6-2-1-5-10-6/h6*1-5H/b6*4-3+. The van der Waals surface area contributed by atoms with Gasteiger partial charge in [-0.05, 0) is 72.8 Å². The molecule has 60 heavy (non-hydrogen) atoms. The Labute approximate surface area is 335 Å². The third-order valence-corrected chi connectivity index (χ3v) is 5.42. The van der Waals surface area contributed by atoms with Gasteiger partial charge in [-0.3, -0.25) is 60.7 Å². The fraction of sp³-hybridized carbons (Fsp3) is 0. The first-order chi connectivity index (χ1) is 28.7. The summed E-state index contributed by atoms with van der Waals surface area (Å²) < 4.78 is 28.8. The second-order valence-electron chi connectivity index (χ2n) is 9.70. The van der Waals surface area contributed by atoms with Gasteiger partial charge in [-0.25, -0.2) is 0 Å². The molecule has 0 N–H and O–H groups in total. The Hall–Kier alpha value is -9.48. The number of rotatable bonds is 12. The Morgan fingerprint density at radius 2 is 0.417 bits per heavy atom. The van der Waals surface area contributed by atoms with E-state index in [0.717, 1.165) is 37.2 Å². The summed E-state index contributed by atoms with van der Waals surface area (Å²) in [5, 5.41) is 58.6. The van der Waals surface area contributed by atoms with E-state index < -0.39 is 29.5 Å². The van der Waals surface area contributed by atoms with Gasteiger partial charge in [0.1, 0.15) is 34.6 Å². The highest BCUT2D eigenvalue weighted by molar-refractivity contribution is 5.42. The minimum absolute atomic E-state index is 0.483. The highest BCUT2D eigenvalue weighted by atomic mass is 16.6. The summed E-state index contributed by atoms with van der Waals surface area (Å²) in [6, 6.07) is 19.8. The molecular formula is C36H30N6O18. The summed E-state index contributed by atoms with van der Waals surface area (Å²) in [5.41, 5.74) is 0. The first-order valence-electron chi connectivity index (χ1n) is 15.8. The Balaban J connectivity index is 0.000000360. The summed E-state index contributed by atoms with van der Waals surface area (Å²) >= 11 is 0. The van der Waals surface area contributed by atoms with Crippen molar-refractivity contribution in [2.75, 3.05) is 0 Å². The largest absolute Gasteiger partial charge is 0.465 e. The van der Waals surface area contributed by atoms with Crippen LogP contribution in [0, 0.1) is 60.7 Å². The predicted molar refractivity (Wildman–Crippen MR) is 208 cm³/mol. The maximum Gasteiger partial charge on any atom is 0.238 e. The van der Waals surface area contributed by atoms with Crippen LogP contribution in [0.1, 0.15) is 34.6 Å². The molecule has 6 heterocycles. The van der Waals surface area contributed by atoms with E-state index in [1.54, 1.807) is 72.8 Å². The second kappa shape index (κ2) is 29.8. The molecule has 0 spiro atoms. The fourth-order valence-corrected chi connectivity index (χ4v) is 3.12. The van der Waals surface area contributed by atoms with E-state index >= 15 is 0 Å². The van der Waals surface area contributed by atoms with Gasteiger partial charge >= 0.3 is 0 Å². The van der Waals surface area contributed by atoms with Gasteiger partial charge in [-0.15, -0.1) is 0 Å². The number of nitro groups is 6. The van der Waals surface area contributed by atoms with Crippen LogP contribution >= 0.6 is 0 Å². The molecule has 0 atom stereocenters. The topological polar surface area (TPSA) is 338 Å². The summed E-state index contributed by atoms with van der Waals surface area (Å²) in [6.45, 7) is 0. The highest BCUT2D eigenvalue weighted by Gasteiger charge is 1.94. The molecule has 0 bridgehead atoms. The lowest BCUT2D eigenvalue weighted by molar-refractivity contribution is -0.401. The minimum Gasteiger partial charge on any atom is -0.465 e. The van der Waals surface area contributed by atoms with Gasteiger partial charge in [0.2, 0.25) is 37.2 Å². The molecule has 0 saturated heterocycles. The molecule has 0 aliphatic carbocycles. The molecule has 0 unspecified atom stereocenters. The molecule has 0 amide bonds. The zero-order chi connectivity index (χ0) is 44.4. The van der Waals surface area contributed by atoms with Crippen molar-refractivity contribution in [3.05, 3.63) is 243 Å². The van der Waals surface area contributed by atoms with Gasteiger partial charge < -0.3 is 26.5 Å². The van der Waals surface area contributed by atoms with Gasteiger partial charge in [0, 0.05) is 0 Å². The van der Waals surface area contributed by atoms with Gasteiger partial charge in [0.15, 0.2) is 0 Å². The van der Waals surface area contributed by atoms with Gasteiger partial charge in [0.05, 0.1) is 104 Å². The number of hydrogen-bond donors (Lipinski definition) is 0. The Morgan fingerprint density at radius 1 is 0.283 bits per heavy atom. The molecule has 0 fully saturated rings. The molecule has 0 aliphatic heterocycles. The van der Waals surface area contributed by atoms with E-state index in [-0.39, 0.29) is 0 Å². The van der Waals surface area contributed by atoms with Crippen molar-refractivity contribution in [1.82, 2.24) is 0 Å². The van der Waals surface area contributed by atoms with Crippen molar-refractivity contribution >= 4 is 36.5 Å². The highest BCUT2D eigenvalue weighted by Crippen LogP contribution is 2.05. The first kappa shape index (κ1) is 48.5. The predicted octanol–water partition coefficient (Wildman–Crippen LogP) is 9.16. The lowest BCUT2D eigenvalue weighted by Gasteiger charge is -1.77. The summed E-state index contributed by atoms with van der Waals surface area (Å²) in [6.07, 6.45) is 21.5. The molecule has 6 aromatic heterocycles. The average Bonchev–Trinajstić information content (AvgIpc) is 4.06. The van der Waals surface area contributed by atoms with E-state index in [1.165, 1.54) is 74.0 Å². The van der Waals surface area contributed by atoms with Crippen molar-refractivity contribution < 1.29 is 56.0 Å². The van der Waals surface area contributed by atoms with Gasteiger partial charge in [-0.2, -0.15) is 0 Å². The molecule has 6 aromatic rings. The van der Waals surface area contributed by atoms with Crippen LogP contribution in [-0.4, -0.2) is 29.5 Å². The third kappa shape index (κ3) is 28.0. The summed E-state index contributed by atoms with van der Waals surface area (Å²) in [4.78, 5) is 55.4. The van der Waals surface area contributed by atoms with Crippen molar-refractivity contribution in [3.63, 3.8) is 0 Å². The lowest BCUT2D eigenvalue weighted by atomic mass is 10.4. The minimum atomic E-state index is -0.539. The monoisotopic (exact) mass is 834 g/mol. The van der Waals surface area contributed by atoms with E-state index in [4.69, 9.17) is 26.5 Å². The Kier molecular flexibility index (Phi) is 24.1. The molecule has 0 radical (unpaired) electrons. The van der Waals surface area contributed by atoms with Crippen molar-refractivity contribution in [3.8, 4) is 0 Å². The maximum absolute atomic E-state index is 9.77. The number of furan rings is 6. The molecule has 24 heteroatoms. The van der Waals surface area contributed by atoms with E-state index in [2.05, 4.69) is 0 Å². The third-order valence-electron chi connectivity index (χ3n) is 5.42. The quantitative estimate of drug-likeness (QED) is 0.0818. The molecule has 6 rings (SSSR count). The van der Waals surface area contributed by atoms with Crippen LogP contribution in [0.4, 0.5) is 0 Å². The van der Waals surface area contributed by atoms with Crippen LogP contribution in [-0.2, 0) is 0 Å². The summed E-state index contributed by atoms with van der Waals surface area (Å²) in [5.74, 6) is 2.90. The Morgan fingerprint density at radius 3 is 0.500 bits per heavy atom. The molecule has 312 valence electrons. The smallest absolute Gasteiger partial charge is 0.238 e. The maximum atomic E-state index is 9.77. The first-order valence-corrected chi connectivity index (χ1v) is 15.8. The van der Waals surface area contributed by atoms with Crippen LogP contribution < -0.4 is 0 Å². The normalized spacial score (nSPS) is 10.4. The molecule has 0 aromatic carbocycles. The van der Waals surface area contributed by atoms with Gasteiger partial charge in [-0.1, -0.05) is 0 Å². The van der Waals surface area contributed by atoms with Crippen LogP contribution in [0.15, 0.2) is 174 Å². The molecule has 0 saturated carbocycles. The van der Waals surface area contributed by atoms with E-state index in [1.807, 2.05) is 0 Å². The van der Waals surface area contributed by atoms with Crippen LogP contribution in [0.2, 0.25) is 0 Å². The molecular weight excluding hydrogens is 804 g/mol. The lowest BCUT2D eigenvalue weighted by Crippen LogP contribution is -1.80. The van der Waals surface area contributed by atoms with Crippen molar-refractivity contribution in [1.29, 1.82) is 0 Å². The number of nitrogens with zero attached hydrogens (tertiary/aromatic N) is 6. The van der Waals surface area contributed by atoms with Crippen LogP contribution in [0.5, 0.6) is 0 Å². The van der Waals surface area contributed by atoms with Crippen LogP contribution in [0.3, 0.4) is 0 Å². The van der Waals surface area contributed by atoms with Gasteiger partial charge in [0.25, 0.3) is 0 Å². The SMILES string of the molecule is O=[N+]([O-])/C=C/c1ccco1.O=[N+]([O-])/C=C/c1ccco1.O=[N+]([O-])/C=C/c1ccco1.O=[N+]([O-])/C=C/c1ccco1.O=[N+]([O-])/C=C/c1ccco1.O=[N+]([O-])/C=C/c1ccco1. The molecule has 24 nitrogen and oxygen atoms in total. The fourth-order valence-electron chi connectivity index (χ4n) is 3.12. The van der Waals surface area contributed by atoms with E-state index in [0.29, 0.717) is 34.6 Å². The number of hydrogen-bond acceptors (Lipinski definition) is 18. The van der Waals surface area contributed by atoms with Crippen LogP contribution in [0.25, 0.3) is 36.5 Å². The average molecular weight is 835 g/mol. The molecule has 0 aliphatic rings. The Bertz CT molecular complexity index is 1850. The zero-order valence-corrected chi connectivity index (χ0v) is 30.4. The summed E-state index contributed by atoms with van der Waals surface area (Å²) in [7, 11) is 0. The second-order valence-corrected chi connectivity index (χ2v) is 9.70. The van der Waals surface area contributed by atoms with Crippen molar-refractivity contribution in [2.24, 2.45) is 0 Å². The van der Waals surface area contributed by atoms with E-state index in [9.17, 15) is 60.7 Å².